The van der Waals surface area contributed by atoms with Gasteiger partial charge in [0.05, 0.1) is 0 Å². The molecule has 1 aromatic rings. The summed E-state index contributed by atoms with van der Waals surface area (Å²) in [6.45, 7) is 8.98. The first-order valence-electron chi connectivity index (χ1n) is 7.57. The molecule has 22 heavy (non-hydrogen) atoms. The van der Waals surface area contributed by atoms with Gasteiger partial charge in [-0.2, -0.15) is 0 Å². The summed E-state index contributed by atoms with van der Waals surface area (Å²) < 4.78 is 0.934. The van der Waals surface area contributed by atoms with Gasteiger partial charge in [-0.15, -0.1) is 0 Å². The Bertz CT molecular complexity index is 531. The van der Waals surface area contributed by atoms with E-state index in [4.69, 9.17) is 0 Å². The number of amides is 1. The first-order chi connectivity index (χ1) is 10.5. The summed E-state index contributed by atoms with van der Waals surface area (Å²) >= 11 is 3.41. The minimum atomic E-state index is -0.137. The van der Waals surface area contributed by atoms with Gasteiger partial charge >= 0.3 is 0 Å². The van der Waals surface area contributed by atoms with E-state index in [2.05, 4.69) is 50.7 Å². The molecule has 1 rings (SSSR count). The van der Waals surface area contributed by atoms with E-state index < -0.39 is 0 Å². The maximum atomic E-state index is 12.1. The van der Waals surface area contributed by atoms with Gasteiger partial charge in [0.2, 0.25) is 5.91 Å². The Morgan fingerprint density at radius 2 is 2.09 bits per heavy atom. The molecule has 1 amide bonds. The van der Waals surface area contributed by atoms with E-state index in [0.29, 0.717) is 12.0 Å². The topological polar surface area (TPSA) is 65.5 Å². The van der Waals surface area contributed by atoms with Crippen molar-refractivity contribution in [2.45, 2.75) is 40.2 Å². The zero-order valence-corrected chi connectivity index (χ0v) is 15.3. The van der Waals surface area contributed by atoms with Crippen LogP contribution in [0.25, 0.3) is 0 Å². The maximum absolute atomic E-state index is 12.1. The molecule has 0 aliphatic heterocycles. The van der Waals surface area contributed by atoms with Crippen LogP contribution in [0.15, 0.2) is 27.7 Å². The van der Waals surface area contributed by atoms with Gasteiger partial charge in [0.25, 0.3) is 0 Å². The smallest absolute Gasteiger partial charge is 0.246 e. The van der Waals surface area contributed by atoms with Crippen molar-refractivity contribution in [1.29, 1.82) is 0 Å². The SMILES string of the molecule is CCNC(=NCC(=O)Nc1cc(Br)ccc1C)NC(C)CC. The number of hydrogen-bond donors (Lipinski definition) is 3. The Morgan fingerprint density at radius 3 is 2.73 bits per heavy atom. The van der Waals surface area contributed by atoms with Gasteiger partial charge in [-0.1, -0.05) is 28.9 Å². The molecule has 0 saturated carbocycles. The number of anilines is 1. The van der Waals surface area contributed by atoms with Crippen molar-refractivity contribution in [2.24, 2.45) is 4.99 Å². The van der Waals surface area contributed by atoms with Gasteiger partial charge in [0.15, 0.2) is 5.96 Å². The molecule has 0 fully saturated rings. The molecule has 0 heterocycles. The molecule has 0 aliphatic rings. The minimum absolute atomic E-state index is 0.0811. The van der Waals surface area contributed by atoms with Crippen LogP contribution in [-0.4, -0.2) is 31.0 Å². The number of hydrogen-bond acceptors (Lipinski definition) is 2. The number of nitrogens with one attached hydrogen (secondary N) is 3. The third kappa shape index (κ3) is 6.47. The molecule has 1 aromatic carbocycles. The van der Waals surface area contributed by atoms with Crippen molar-refractivity contribution in [2.75, 3.05) is 18.4 Å². The standard InChI is InChI=1S/C16H25BrN4O/c1-5-12(4)20-16(18-6-2)19-10-15(22)21-14-9-13(17)8-7-11(14)3/h7-9,12H,5-6,10H2,1-4H3,(H,21,22)(H2,18,19,20). The molecule has 0 radical (unpaired) electrons. The molecule has 3 N–H and O–H groups in total. The van der Waals surface area contributed by atoms with Gasteiger partial charge in [0, 0.05) is 22.7 Å². The zero-order valence-electron chi connectivity index (χ0n) is 13.7. The van der Waals surface area contributed by atoms with Gasteiger partial charge in [-0.05, 0) is 44.9 Å². The summed E-state index contributed by atoms with van der Waals surface area (Å²) in [5.41, 5.74) is 1.82. The highest BCUT2D eigenvalue weighted by atomic mass is 79.9. The van der Waals surface area contributed by atoms with Crippen molar-refractivity contribution in [3.63, 3.8) is 0 Å². The number of guanidine groups is 1. The predicted octanol–water partition coefficient (Wildman–Crippen LogP) is 3.05. The second-order valence-corrected chi connectivity index (χ2v) is 6.07. The summed E-state index contributed by atoms with van der Waals surface area (Å²) in [4.78, 5) is 16.4. The first-order valence-corrected chi connectivity index (χ1v) is 8.36. The van der Waals surface area contributed by atoms with Crippen LogP contribution in [0.4, 0.5) is 5.69 Å². The monoisotopic (exact) mass is 368 g/mol. The maximum Gasteiger partial charge on any atom is 0.246 e. The number of carbonyl (C=O) groups excluding carboxylic acids is 1. The summed E-state index contributed by atoms with van der Waals surface area (Å²) in [6.07, 6.45) is 0.994. The molecule has 5 nitrogen and oxygen atoms in total. The number of aryl methyl sites for hydroxylation is 1. The van der Waals surface area contributed by atoms with Crippen LogP contribution in [0.1, 0.15) is 32.8 Å². The first kappa shape index (κ1) is 18.5. The van der Waals surface area contributed by atoms with Crippen LogP contribution in [0.3, 0.4) is 0 Å². The van der Waals surface area contributed by atoms with Gasteiger partial charge in [0.1, 0.15) is 6.54 Å². The van der Waals surface area contributed by atoms with Gasteiger partial charge in [-0.3, -0.25) is 4.79 Å². The van der Waals surface area contributed by atoms with Crippen molar-refractivity contribution < 1.29 is 4.79 Å². The number of halogens is 1. The Morgan fingerprint density at radius 1 is 1.36 bits per heavy atom. The molecule has 0 bridgehead atoms. The van der Waals surface area contributed by atoms with Crippen molar-refractivity contribution >= 4 is 33.5 Å². The Kier molecular flexibility index (Phi) is 7.95. The fraction of sp³-hybridized carbons (Fsp3) is 0.500. The normalized spacial score (nSPS) is 12.7. The van der Waals surface area contributed by atoms with Crippen LogP contribution in [0.2, 0.25) is 0 Å². The van der Waals surface area contributed by atoms with E-state index in [1.807, 2.05) is 32.0 Å². The molecule has 1 atom stereocenters. The summed E-state index contributed by atoms with van der Waals surface area (Å²) in [5, 5.41) is 9.28. The third-order valence-corrected chi connectivity index (χ3v) is 3.69. The average Bonchev–Trinajstić information content (AvgIpc) is 2.48. The largest absolute Gasteiger partial charge is 0.357 e. The van der Waals surface area contributed by atoms with Crippen molar-refractivity contribution in [1.82, 2.24) is 10.6 Å². The molecule has 1 unspecified atom stereocenters. The summed E-state index contributed by atoms with van der Waals surface area (Å²) in [5.74, 6) is 0.528. The molecule has 0 aromatic heterocycles. The van der Waals surface area contributed by atoms with E-state index in [9.17, 15) is 4.79 Å². The van der Waals surface area contributed by atoms with Crippen molar-refractivity contribution in [3.8, 4) is 0 Å². The average molecular weight is 369 g/mol. The van der Waals surface area contributed by atoms with Crippen molar-refractivity contribution in [3.05, 3.63) is 28.2 Å². The lowest BCUT2D eigenvalue weighted by molar-refractivity contribution is -0.114. The fourth-order valence-corrected chi connectivity index (χ4v) is 2.09. The second kappa shape index (κ2) is 9.46. The number of aliphatic imine (C=N–C) groups is 1. The highest BCUT2D eigenvalue weighted by Gasteiger charge is 2.07. The molecule has 0 aliphatic carbocycles. The molecular weight excluding hydrogens is 344 g/mol. The second-order valence-electron chi connectivity index (χ2n) is 5.16. The molecule has 6 heteroatoms. The quantitative estimate of drug-likeness (QED) is 0.533. The molecule has 122 valence electrons. The van der Waals surface area contributed by atoms with E-state index in [1.165, 1.54) is 0 Å². The number of benzene rings is 1. The van der Waals surface area contributed by atoms with Crippen LogP contribution >= 0.6 is 15.9 Å². The van der Waals surface area contributed by atoms with E-state index in [-0.39, 0.29) is 12.5 Å². The summed E-state index contributed by atoms with van der Waals surface area (Å²) in [7, 11) is 0. The van der Waals surface area contributed by atoms with E-state index in [0.717, 1.165) is 28.7 Å². The fourth-order valence-electron chi connectivity index (χ4n) is 1.72. The predicted molar refractivity (Wildman–Crippen MR) is 96.4 cm³/mol. The van der Waals surface area contributed by atoms with Crippen LogP contribution in [-0.2, 0) is 4.79 Å². The lowest BCUT2D eigenvalue weighted by Gasteiger charge is -2.16. The van der Waals surface area contributed by atoms with E-state index in [1.54, 1.807) is 0 Å². The molecule has 0 saturated heterocycles. The lowest BCUT2D eigenvalue weighted by atomic mass is 10.2. The highest BCUT2D eigenvalue weighted by Crippen LogP contribution is 2.20. The van der Waals surface area contributed by atoms with E-state index >= 15 is 0 Å². The number of carbonyl (C=O) groups is 1. The lowest BCUT2D eigenvalue weighted by Crippen LogP contribution is -2.42. The van der Waals surface area contributed by atoms with Gasteiger partial charge < -0.3 is 16.0 Å². The van der Waals surface area contributed by atoms with Crippen LogP contribution in [0.5, 0.6) is 0 Å². The highest BCUT2D eigenvalue weighted by molar-refractivity contribution is 9.10. The molecule has 0 spiro atoms. The number of rotatable bonds is 6. The Labute approximate surface area is 141 Å². The van der Waals surface area contributed by atoms with Crippen LogP contribution in [0, 0.1) is 6.92 Å². The third-order valence-electron chi connectivity index (χ3n) is 3.19. The summed E-state index contributed by atoms with van der Waals surface area (Å²) in [6, 6.07) is 6.10. The molecular formula is C16H25BrN4O. The Balaban J connectivity index is 2.65. The minimum Gasteiger partial charge on any atom is -0.357 e. The van der Waals surface area contributed by atoms with Crippen LogP contribution < -0.4 is 16.0 Å². The number of nitrogens with zero attached hydrogens (tertiary/aromatic N) is 1. The van der Waals surface area contributed by atoms with Gasteiger partial charge in [-0.25, -0.2) is 4.99 Å². The zero-order chi connectivity index (χ0) is 16.5. The Hall–Kier alpha value is -1.56.